The summed E-state index contributed by atoms with van der Waals surface area (Å²) in [6.45, 7) is 1.74. The van der Waals surface area contributed by atoms with Gasteiger partial charge in [0.1, 0.15) is 0 Å². The van der Waals surface area contributed by atoms with E-state index in [1.54, 1.807) is 13.0 Å². The molecule has 0 aliphatic heterocycles. The summed E-state index contributed by atoms with van der Waals surface area (Å²) in [6.07, 6.45) is 3.52. The van der Waals surface area contributed by atoms with Gasteiger partial charge in [0.2, 0.25) is 11.8 Å². The maximum atomic E-state index is 11.9. The Labute approximate surface area is 162 Å². The third kappa shape index (κ3) is 7.20. The van der Waals surface area contributed by atoms with E-state index >= 15 is 0 Å². The Kier molecular flexibility index (Phi) is 7.59. The summed E-state index contributed by atoms with van der Waals surface area (Å²) < 4.78 is 0. The van der Waals surface area contributed by atoms with Crippen molar-refractivity contribution in [2.45, 2.75) is 19.8 Å². The average Bonchev–Trinajstić information content (AvgIpc) is 2.70. The molecule has 0 unspecified atom stereocenters. The summed E-state index contributed by atoms with van der Waals surface area (Å²) in [4.78, 5) is 33.9. The summed E-state index contributed by atoms with van der Waals surface area (Å²) in [5.41, 5.74) is 4.20. The van der Waals surface area contributed by atoms with Gasteiger partial charge in [-0.1, -0.05) is 42.5 Å². The van der Waals surface area contributed by atoms with E-state index in [1.165, 1.54) is 24.3 Å². The molecule has 0 saturated carbocycles. The van der Waals surface area contributed by atoms with Crippen molar-refractivity contribution in [3.05, 3.63) is 76.4 Å². The molecule has 0 heterocycles. The number of rotatable bonds is 8. The second kappa shape index (κ2) is 10.4. The highest BCUT2D eigenvalue weighted by atomic mass is 16.6. The lowest BCUT2D eigenvalue weighted by Crippen LogP contribution is -2.21. The van der Waals surface area contributed by atoms with Gasteiger partial charge in [0.05, 0.1) is 10.6 Å². The number of hydrogen-bond donors (Lipinski definition) is 2. The number of benzene rings is 2. The SMILES string of the molecule is CC(/C=C/c1ccccc1)=N\NC(=O)CCC(=O)Nc1cccc([N+](=O)[O-])c1. The highest BCUT2D eigenvalue weighted by molar-refractivity contribution is 5.97. The molecule has 0 saturated heterocycles. The van der Waals surface area contributed by atoms with Crippen molar-refractivity contribution >= 4 is 35.0 Å². The minimum atomic E-state index is -0.546. The van der Waals surface area contributed by atoms with Crippen LogP contribution in [0.4, 0.5) is 11.4 Å². The van der Waals surface area contributed by atoms with E-state index in [0.717, 1.165) is 5.56 Å². The number of nitrogens with zero attached hydrogens (tertiary/aromatic N) is 2. The standard InChI is InChI=1S/C20H20N4O4/c1-15(10-11-16-6-3-2-4-7-16)22-23-20(26)13-12-19(25)21-17-8-5-9-18(14-17)24(27)28/h2-11,14H,12-13H2,1H3,(H,21,25)(H,23,26)/b11-10+,22-15+. The van der Waals surface area contributed by atoms with E-state index < -0.39 is 16.7 Å². The molecule has 0 spiro atoms. The molecule has 2 aromatic rings. The molecule has 0 aliphatic carbocycles. The van der Waals surface area contributed by atoms with Gasteiger partial charge < -0.3 is 5.32 Å². The molecule has 2 rings (SSSR count). The molecule has 0 radical (unpaired) electrons. The summed E-state index contributed by atoms with van der Waals surface area (Å²) in [7, 11) is 0. The molecule has 0 atom stereocenters. The first-order valence-electron chi connectivity index (χ1n) is 8.54. The molecule has 8 nitrogen and oxygen atoms in total. The molecule has 0 fully saturated rings. The van der Waals surface area contributed by atoms with Crippen LogP contribution in [0.15, 0.2) is 65.8 Å². The highest BCUT2D eigenvalue weighted by Gasteiger charge is 2.10. The van der Waals surface area contributed by atoms with Crippen LogP contribution in [-0.4, -0.2) is 22.4 Å². The second-order valence-corrected chi connectivity index (χ2v) is 5.89. The largest absolute Gasteiger partial charge is 0.326 e. The first-order valence-corrected chi connectivity index (χ1v) is 8.54. The molecule has 144 valence electrons. The molecule has 8 heteroatoms. The van der Waals surface area contributed by atoms with Crippen LogP contribution >= 0.6 is 0 Å². The minimum absolute atomic E-state index is 0.0556. The van der Waals surface area contributed by atoms with E-state index in [9.17, 15) is 19.7 Å². The highest BCUT2D eigenvalue weighted by Crippen LogP contribution is 2.17. The van der Waals surface area contributed by atoms with Gasteiger partial charge in [0.25, 0.3) is 5.69 Å². The predicted molar refractivity (Wildman–Crippen MR) is 108 cm³/mol. The lowest BCUT2D eigenvalue weighted by atomic mass is 10.2. The zero-order chi connectivity index (χ0) is 20.4. The van der Waals surface area contributed by atoms with E-state index in [1.807, 2.05) is 36.4 Å². The maximum Gasteiger partial charge on any atom is 0.271 e. The minimum Gasteiger partial charge on any atom is -0.326 e. The number of hydrazone groups is 1. The van der Waals surface area contributed by atoms with Gasteiger partial charge in [-0.15, -0.1) is 0 Å². The predicted octanol–water partition coefficient (Wildman–Crippen LogP) is 3.52. The topological polar surface area (TPSA) is 114 Å². The summed E-state index contributed by atoms with van der Waals surface area (Å²) in [6, 6.07) is 15.3. The quantitative estimate of drug-likeness (QED) is 0.414. The van der Waals surface area contributed by atoms with Crippen LogP contribution in [0.5, 0.6) is 0 Å². The molecule has 28 heavy (non-hydrogen) atoms. The first kappa shape index (κ1) is 20.5. The van der Waals surface area contributed by atoms with E-state index in [4.69, 9.17) is 0 Å². The number of non-ortho nitro benzene ring substituents is 1. The zero-order valence-electron chi connectivity index (χ0n) is 15.3. The molecule has 0 aliphatic rings. The number of carbonyl (C=O) groups excluding carboxylic acids is 2. The summed E-state index contributed by atoms with van der Waals surface area (Å²) >= 11 is 0. The first-order chi connectivity index (χ1) is 13.4. The van der Waals surface area contributed by atoms with Crippen molar-refractivity contribution in [1.82, 2.24) is 5.43 Å². The van der Waals surface area contributed by atoms with Gasteiger partial charge in [-0.3, -0.25) is 19.7 Å². The Balaban J connectivity index is 1.77. The number of carbonyl (C=O) groups is 2. The van der Waals surface area contributed by atoms with Gasteiger partial charge in [-0.2, -0.15) is 5.10 Å². The fraction of sp³-hybridized carbons (Fsp3) is 0.150. The number of nitrogens with one attached hydrogen (secondary N) is 2. The molecule has 2 N–H and O–H groups in total. The number of nitro groups is 1. The Morgan fingerprint density at radius 2 is 1.79 bits per heavy atom. The lowest BCUT2D eigenvalue weighted by molar-refractivity contribution is -0.384. The number of amides is 2. The van der Waals surface area contributed by atoms with Crippen molar-refractivity contribution < 1.29 is 14.5 Å². The molecule has 0 aromatic heterocycles. The van der Waals surface area contributed by atoms with Crippen LogP contribution in [0.1, 0.15) is 25.3 Å². The zero-order valence-corrected chi connectivity index (χ0v) is 15.3. The number of anilines is 1. The van der Waals surface area contributed by atoms with Gasteiger partial charge in [0, 0.05) is 30.7 Å². The van der Waals surface area contributed by atoms with Crippen molar-refractivity contribution in [3.63, 3.8) is 0 Å². The molecular formula is C20H20N4O4. The Hall–Kier alpha value is -3.81. The third-order valence-corrected chi connectivity index (χ3v) is 3.59. The Morgan fingerprint density at radius 3 is 2.50 bits per heavy atom. The van der Waals surface area contributed by atoms with Crippen LogP contribution in [-0.2, 0) is 9.59 Å². The van der Waals surface area contributed by atoms with Gasteiger partial charge in [-0.05, 0) is 24.6 Å². The monoisotopic (exact) mass is 380 g/mol. The van der Waals surface area contributed by atoms with Crippen LogP contribution in [0, 0.1) is 10.1 Å². The fourth-order valence-corrected chi connectivity index (χ4v) is 2.17. The van der Waals surface area contributed by atoms with E-state index in [-0.39, 0.29) is 18.5 Å². The van der Waals surface area contributed by atoms with E-state index in [0.29, 0.717) is 11.4 Å². The second-order valence-electron chi connectivity index (χ2n) is 5.89. The van der Waals surface area contributed by atoms with Crippen LogP contribution < -0.4 is 10.7 Å². The smallest absolute Gasteiger partial charge is 0.271 e. The van der Waals surface area contributed by atoms with E-state index in [2.05, 4.69) is 15.8 Å². The lowest BCUT2D eigenvalue weighted by Gasteiger charge is -2.05. The van der Waals surface area contributed by atoms with Gasteiger partial charge in [-0.25, -0.2) is 5.43 Å². The third-order valence-electron chi connectivity index (χ3n) is 3.59. The number of allylic oxidation sites excluding steroid dienone is 1. The molecule has 2 aromatic carbocycles. The maximum absolute atomic E-state index is 11.9. The fourth-order valence-electron chi connectivity index (χ4n) is 2.17. The summed E-state index contributed by atoms with van der Waals surface area (Å²) in [5, 5.41) is 17.2. The Morgan fingerprint density at radius 1 is 1.07 bits per heavy atom. The van der Waals surface area contributed by atoms with Crippen molar-refractivity contribution in [1.29, 1.82) is 0 Å². The van der Waals surface area contributed by atoms with Crippen molar-refractivity contribution in [3.8, 4) is 0 Å². The van der Waals surface area contributed by atoms with Crippen LogP contribution in [0.2, 0.25) is 0 Å². The van der Waals surface area contributed by atoms with Crippen molar-refractivity contribution in [2.24, 2.45) is 5.10 Å². The van der Waals surface area contributed by atoms with Crippen molar-refractivity contribution in [2.75, 3.05) is 5.32 Å². The average molecular weight is 380 g/mol. The summed E-state index contributed by atoms with van der Waals surface area (Å²) in [5.74, 6) is -0.818. The van der Waals surface area contributed by atoms with Gasteiger partial charge in [0.15, 0.2) is 0 Å². The number of hydrogen-bond acceptors (Lipinski definition) is 5. The number of nitro benzene ring substituents is 1. The van der Waals surface area contributed by atoms with Crippen LogP contribution in [0.3, 0.4) is 0 Å². The molecule has 2 amide bonds. The van der Waals surface area contributed by atoms with Crippen LogP contribution in [0.25, 0.3) is 6.08 Å². The molecule has 0 bridgehead atoms. The normalized spacial score (nSPS) is 11.2. The Bertz CT molecular complexity index is 907. The van der Waals surface area contributed by atoms with Gasteiger partial charge >= 0.3 is 0 Å². The molecular weight excluding hydrogens is 360 g/mol.